The van der Waals surface area contributed by atoms with Gasteiger partial charge in [0, 0.05) is 0 Å². The second kappa shape index (κ2) is 3.28. The number of hydrogen-bond acceptors (Lipinski definition) is 3. The van der Waals surface area contributed by atoms with Crippen LogP contribution in [0.5, 0.6) is 0 Å². The number of rotatable bonds is 2. The molecule has 0 unspecified atom stereocenters. The van der Waals surface area contributed by atoms with Crippen LogP contribution >= 0.6 is 0 Å². The van der Waals surface area contributed by atoms with Gasteiger partial charge in [-0.05, 0) is 5.56 Å². The molecule has 1 N–H and O–H groups in total. The lowest BCUT2D eigenvalue weighted by atomic mass is 9.99. The van der Waals surface area contributed by atoms with Gasteiger partial charge in [-0.3, -0.25) is 4.79 Å². The van der Waals surface area contributed by atoms with E-state index >= 15 is 0 Å². The molecular formula is C10H10O3. The number of ether oxygens (including phenoxy) is 1. The zero-order valence-electron chi connectivity index (χ0n) is 7.01. The third-order valence-electron chi connectivity index (χ3n) is 2.15. The predicted octanol–water partition coefficient (Wildman–Crippen LogP) is 0.688. The number of Topliss-reactive ketones (excluding diaryl/α,β-unsaturated/α-hetero) is 1. The fraction of sp³-hybridized carbons (Fsp3) is 0.300. The minimum atomic E-state index is -0.817. The zero-order valence-corrected chi connectivity index (χ0v) is 7.01. The predicted molar refractivity (Wildman–Crippen MR) is 46.1 cm³/mol. The molecule has 2 atom stereocenters. The summed E-state index contributed by atoms with van der Waals surface area (Å²) < 4.78 is 4.96. The second-order valence-corrected chi connectivity index (χ2v) is 3.05. The van der Waals surface area contributed by atoms with E-state index in [1.54, 1.807) is 12.1 Å². The second-order valence-electron chi connectivity index (χ2n) is 3.05. The van der Waals surface area contributed by atoms with Crippen molar-refractivity contribution in [2.75, 3.05) is 6.61 Å². The maximum atomic E-state index is 11.0. The molecule has 0 saturated carbocycles. The first-order chi connectivity index (χ1) is 6.29. The first-order valence-corrected chi connectivity index (χ1v) is 4.16. The van der Waals surface area contributed by atoms with Crippen LogP contribution in [0.2, 0.25) is 0 Å². The Labute approximate surface area is 76.0 Å². The Balaban J connectivity index is 2.13. The molecule has 0 aliphatic carbocycles. The van der Waals surface area contributed by atoms with Crippen molar-refractivity contribution in [1.82, 2.24) is 0 Å². The van der Waals surface area contributed by atoms with Gasteiger partial charge in [0.1, 0.15) is 18.8 Å². The average molecular weight is 178 g/mol. The molecule has 0 aromatic heterocycles. The Hall–Kier alpha value is -1.19. The Morgan fingerprint density at radius 1 is 1.38 bits per heavy atom. The van der Waals surface area contributed by atoms with Crippen molar-refractivity contribution >= 4 is 5.78 Å². The summed E-state index contributed by atoms with van der Waals surface area (Å²) in [6, 6.07) is 9.06. The smallest absolute Gasteiger partial charge is 0.190 e. The summed E-state index contributed by atoms with van der Waals surface area (Å²) in [5, 5.41) is 9.66. The van der Waals surface area contributed by atoms with Crippen molar-refractivity contribution in [2.45, 2.75) is 12.2 Å². The van der Waals surface area contributed by atoms with Gasteiger partial charge in [-0.25, -0.2) is 0 Å². The molecule has 0 bridgehead atoms. The molecule has 0 amide bonds. The largest absolute Gasteiger partial charge is 0.385 e. The summed E-state index contributed by atoms with van der Waals surface area (Å²) in [6.45, 7) is 0.133. The van der Waals surface area contributed by atoms with Crippen LogP contribution in [0.4, 0.5) is 0 Å². The van der Waals surface area contributed by atoms with Gasteiger partial charge in [-0.2, -0.15) is 0 Å². The van der Waals surface area contributed by atoms with Crippen LogP contribution in [0.15, 0.2) is 30.3 Å². The molecule has 1 fully saturated rings. The van der Waals surface area contributed by atoms with Gasteiger partial charge < -0.3 is 9.84 Å². The molecule has 3 heteroatoms. The van der Waals surface area contributed by atoms with Gasteiger partial charge in [0.2, 0.25) is 0 Å². The summed E-state index contributed by atoms with van der Waals surface area (Å²) >= 11 is 0. The third-order valence-corrected chi connectivity index (χ3v) is 2.15. The molecule has 0 spiro atoms. The molecule has 1 aromatic rings. The molecule has 0 radical (unpaired) electrons. The van der Waals surface area contributed by atoms with Crippen LogP contribution < -0.4 is 0 Å². The zero-order chi connectivity index (χ0) is 9.26. The number of carbonyl (C=O) groups is 1. The molecule has 1 aromatic carbocycles. The number of carbonyl (C=O) groups excluding carboxylic acids is 1. The number of aliphatic hydroxyl groups is 1. The van der Waals surface area contributed by atoms with E-state index in [1.807, 2.05) is 18.2 Å². The molecule has 1 aliphatic rings. The van der Waals surface area contributed by atoms with Crippen LogP contribution in [-0.4, -0.2) is 23.6 Å². The molecule has 13 heavy (non-hydrogen) atoms. The van der Waals surface area contributed by atoms with Crippen LogP contribution in [0.3, 0.4) is 0 Å². The topological polar surface area (TPSA) is 46.5 Å². The van der Waals surface area contributed by atoms with Crippen LogP contribution in [0.25, 0.3) is 0 Å². The Morgan fingerprint density at radius 3 is 2.54 bits per heavy atom. The molecular weight excluding hydrogens is 168 g/mol. The number of benzene rings is 1. The van der Waals surface area contributed by atoms with E-state index in [0.29, 0.717) is 0 Å². The van der Waals surface area contributed by atoms with Crippen molar-refractivity contribution in [1.29, 1.82) is 0 Å². The number of hydrogen-bond donors (Lipinski definition) is 1. The van der Waals surface area contributed by atoms with E-state index in [2.05, 4.69) is 0 Å². The highest BCUT2D eigenvalue weighted by Gasteiger charge is 2.36. The van der Waals surface area contributed by atoms with Crippen LogP contribution in [0, 0.1) is 0 Å². The maximum absolute atomic E-state index is 11.0. The monoisotopic (exact) mass is 178 g/mol. The van der Waals surface area contributed by atoms with Crippen LogP contribution in [-0.2, 0) is 9.53 Å². The van der Waals surface area contributed by atoms with E-state index < -0.39 is 12.2 Å². The minimum Gasteiger partial charge on any atom is -0.385 e. The molecule has 1 heterocycles. The lowest BCUT2D eigenvalue weighted by Gasteiger charge is -2.29. The van der Waals surface area contributed by atoms with E-state index in [0.717, 1.165) is 5.56 Å². The summed E-state index contributed by atoms with van der Waals surface area (Å²) in [5.41, 5.74) is 0.723. The summed E-state index contributed by atoms with van der Waals surface area (Å²) in [6.07, 6.45) is -1.47. The first-order valence-electron chi connectivity index (χ1n) is 4.16. The van der Waals surface area contributed by atoms with Gasteiger partial charge in [0.25, 0.3) is 0 Å². The number of aliphatic hydroxyl groups excluding tert-OH is 1. The Bertz CT molecular complexity index is 307. The van der Waals surface area contributed by atoms with E-state index in [4.69, 9.17) is 4.74 Å². The minimum absolute atomic E-state index is 0.0312. The molecule has 68 valence electrons. The van der Waals surface area contributed by atoms with Gasteiger partial charge in [0.05, 0.1) is 0 Å². The van der Waals surface area contributed by atoms with E-state index in [-0.39, 0.29) is 12.4 Å². The maximum Gasteiger partial charge on any atom is 0.190 e. The first kappa shape index (κ1) is 8.41. The van der Waals surface area contributed by atoms with E-state index in [9.17, 15) is 9.90 Å². The molecule has 2 rings (SSSR count). The van der Waals surface area contributed by atoms with Gasteiger partial charge in [0.15, 0.2) is 5.78 Å². The highest BCUT2D eigenvalue weighted by Crippen LogP contribution is 2.24. The Kier molecular flexibility index (Phi) is 2.12. The third kappa shape index (κ3) is 1.48. The Morgan fingerprint density at radius 2 is 2.08 bits per heavy atom. The van der Waals surface area contributed by atoms with Crippen molar-refractivity contribution in [3.63, 3.8) is 0 Å². The summed E-state index contributed by atoms with van der Waals surface area (Å²) in [4.78, 5) is 11.0. The SMILES string of the molecule is O=C1CO[C@@H]1[C@H](O)c1ccccc1. The summed E-state index contributed by atoms with van der Waals surface area (Å²) in [5.74, 6) is -0.0312. The highest BCUT2D eigenvalue weighted by atomic mass is 16.5. The van der Waals surface area contributed by atoms with Crippen LogP contribution in [0.1, 0.15) is 11.7 Å². The highest BCUT2D eigenvalue weighted by molar-refractivity contribution is 5.89. The van der Waals surface area contributed by atoms with E-state index in [1.165, 1.54) is 0 Å². The molecule has 3 nitrogen and oxygen atoms in total. The standard InChI is InChI=1S/C10H10O3/c11-8-6-13-10(8)9(12)7-4-2-1-3-5-7/h1-5,9-10,12H,6H2/t9-,10+/m1/s1. The number of ketones is 1. The molecule has 1 saturated heterocycles. The molecule has 1 aliphatic heterocycles. The lowest BCUT2D eigenvalue weighted by Crippen LogP contribution is -2.44. The van der Waals surface area contributed by atoms with Crippen molar-refractivity contribution < 1.29 is 14.6 Å². The quantitative estimate of drug-likeness (QED) is 0.724. The van der Waals surface area contributed by atoms with Crippen molar-refractivity contribution in [3.05, 3.63) is 35.9 Å². The normalized spacial score (nSPS) is 23.8. The fourth-order valence-electron chi connectivity index (χ4n) is 1.34. The lowest BCUT2D eigenvalue weighted by molar-refractivity contribution is -0.167. The summed E-state index contributed by atoms with van der Waals surface area (Å²) in [7, 11) is 0. The van der Waals surface area contributed by atoms with Crippen molar-refractivity contribution in [2.24, 2.45) is 0 Å². The average Bonchev–Trinajstić information content (AvgIpc) is 2.17. The fourth-order valence-corrected chi connectivity index (χ4v) is 1.34. The van der Waals surface area contributed by atoms with Crippen molar-refractivity contribution in [3.8, 4) is 0 Å². The van der Waals surface area contributed by atoms with Gasteiger partial charge in [-0.15, -0.1) is 0 Å². The van der Waals surface area contributed by atoms with Gasteiger partial charge >= 0.3 is 0 Å². The van der Waals surface area contributed by atoms with Gasteiger partial charge in [-0.1, -0.05) is 30.3 Å².